The molecule has 31 heavy (non-hydrogen) atoms. The summed E-state index contributed by atoms with van der Waals surface area (Å²) in [7, 11) is 1.44. The lowest BCUT2D eigenvalue weighted by Crippen LogP contribution is -2.64. The first-order valence-electron chi connectivity index (χ1n) is 10.5. The molecule has 0 unspecified atom stereocenters. The standard InChI is InChI=1S/C22H23Cl2NO4.C2H6/c1-22(21(26)27-2)12-25(13-22)15-8-14-6-7-16(9-20(14)29-10-15)28-11-17-18(23)4-3-5-19(17)24;1-2/h3-7,9,15H,8,10-13H2,1-2H3;1-2H3/t15-;/m0./s1. The molecule has 5 nitrogen and oxygen atoms in total. The Kier molecular flexibility index (Phi) is 7.73. The molecule has 1 saturated heterocycles. The summed E-state index contributed by atoms with van der Waals surface area (Å²) in [5.41, 5.74) is 1.49. The zero-order valence-corrected chi connectivity index (χ0v) is 19.9. The summed E-state index contributed by atoms with van der Waals surface area (Å²) in [6.07, 6.45) is 0.878. The SMILES string of the molecule is CC.COC(=O)C1(C)CN([C@@H]2COc3cc(OCc4c(Cl)cccc4Cl)ccc3C2)C1. The van der Waals surface area contributed by atoms with E-state index in [0.29, 0.717) is 42.1 Å². The highest BCUT2D eigenvalue weighted by molar-refractivity contribution is 6.35. The van der Waals surface area contributed by atoms with Gasteiger partial charge in [0.25, 0.3) is 0 Å². The number of ether oxygens (including phenoxy) is 3. The van der Waals surface area contributed by atoms with E-state index in [-0.39, 0.29) is 12.0 Å². The Morgan fingerprint density at radius 1 is 1.19 bits per heavy atom. The first-order valence-corrected chi connectivity index (χ1v) is 11.3. The van der Waals surface area contributed by atoms with Gasteiger partial charge in [0.2, 0.25) is 0 Å². The number of rotatable bonds is 5. The van der Waals surface area contributed by atoms with E-state index in [1.807, 2.05) is 45.0 Å². The molecule has 0 aromatic heterocycles. The van der Waals surface area contributed by atoms with Crippen molar-refractivity contribution in [2.75, 3.05) is 26.8 Å². The zero-order valence-electron chi connectivity index (χ0n) is 18.4. The lowest BCUT2D eigenvalue weighted by Gasteiger charge is -2.50. The van der Waals surface area contributed by atoms with E-state index in [1.165, 1.54) is 7.11 Å². The van der Waals surface area contributed by atoms with Crippen molar-refractivity contribution in [1.29, 1.82) is 0 Å². The number of nitrogens with zero attached hydrogens (tertiary/aromatic N) is 1. The summed E-state index contributed by atoms with van der Waals surface area (Å²) >= 11 is 12.4. The van der Waals surface area contributed by atoms with E-state index in [4.69, 9.17) is 37.4 Å². The quantitative estimate of drug-likeness (QED) is 0.553. The Labute approximate surface area is 194 Å². The van der Waals surface area contributed by atoms with Crippen LogP contribution in [0.4, 0.5) is 0 Å². The van der Waals surface area contributed by atoms with Gasteiger partial charge in [-0.05, 0) is 37.1 Å². The van der Waals surface area contributed by atoms with Crippen LogP contribution in [0.25, 0.3) is 0 Å². The van der Waals surface area contributed by atoms with Gasteiger partial charge >= 0.3 is 5.97 Å². The molecule has 2 aliphatic heterocycles. The first kappa shape index (κ1) is 23.7. The van der Waals surface area contributed by atoms with Gasteiger partial charge < -0.3 is 14.2 Å². The van der Waals surface area contributed by atoms with Gasteiger partial charge in [0.05, 0.1) is 12.5 Å². The van der Waals surface area contributed by atoms with Crippen LogP contribution in [0.1, 0.15) is 31.9 Å². The van der Waals surface area contributed by atoms with Gasteiger partial charge in [-0.1, -0.05) is 49.2 Å². The topological polar surface area (TPSA) is 48.0 Å². The van der Waals surface area contributed by atoms with Crippen LogP contribution < -0.4 is 9.47 Å². The maximum absolute atomic E-state index is 11.9. The molecule has 0 aliphatic carbocycles. The van der Waals surface area contributed by atoms with Crippen molar-refractivity contribution in [1.82, 2.24) is 4.90 Å². The molecule has 2 aromatic rings. The van der Waals surface area contributed by atoms with Gasteiger partial charge in [0.1, 0.15) is 24.7 Å². The van der Waals surface area contributed by atoms with Crippen molar-refractivity contribution in [3.8, 4) is 11.5 Å². The first-order chi connectivity index (χ1) is 14.9. The lowest BCUT2D eigenvalue weighted by atomic mass is 9.80. The summed E-state index contributed by atoms with van der Waals surface area (Å²) in [6, 6.07) is 11.5. The number of carbonyl (C=O) groups is 1. The normalized spacial score (nSPS) is 19.1. The van der Waals surface area contributed by atoms with Crippen LogP contribution >= 0.6 is 23.2 Å². The Morgan fingerprint density at radius 3 is 2.52 bits per heavy atom. The molecule has 2 aliphatic rings. The number of likely N-dealkylation sites (tertiary alicyclic amines) is 1. The van der Waals surface area contributed by atoms with Crippen molar-refractivity contribution in [3.05, 3.63) is 57.6 Å². The molecule has 0 spiro atoms. The number of esters is 1. The van der Waals surface area contributed by atoms with Gasteiger partial charge in [0, 0.05) is 40.8 Å². The number of benzene rings is 2. The number of hydrogen-bond donors (Lipinski definition) is 0. The number of hydrogen-bond acceptors (Lipinski definition) is 5. The van der Waals surface area contributed by atoms with Crippen LogP contribution in [-0.2, 0) is 22.6 Å². The third-order valence-electron chi connectivity index (χ3n) is 5.67. The summed E-state index contributed by atoms with van der Waals surface area (Å²) in [4.78, 5) is 14.2. The summed E-state index contributed by atoms with van der Waals surface area (Å²) in [5.74, 6) is 1.40. The molecular formula is C24H29Cl2NO4. The molecule has 2 aromatic carbocycles. The van der Waals surface area contributed by atoms with E-state index in [9.17, 15) is 4.79 Å². The van der Waals surface area contributed by atoms with Crippen molar-refractivity contribution in [2.24, 2.45) is 5.41 Å². The minimum absolute atomic E-state index is 0.147. The molecule has 2 heterocycles. The monoisotopic (exact) mass is 465 g/mol. The predicted octanol–water partition coefficient (Wildman–Crippen LogP) is 5.40. The van der Waals surface area contributed by atoms with E-state index in [0.717, 1.165) is 23.3 Å². The Bertz CT molecular complexity index is 908. The van der Waals surface area contributed by atoms with Gasteiger partial charge in [-0.3, -0.25) is 9.69 Å². The van der Waals surface area contributed by atoms with E-state index >= 15 is 0 Å². The van der Waals surface area contributed by atoms with Crippen molar-refractivity contribution < 1.29 is 19.0 Å². The maximum atomic E-state index is 11.9. The number of fused-ring (bicyclic) bond motifs is 1. The third kappa shape index (κ3) is 5.11. The smallest absolute Gasteiger partial charge is 0.314 e. The van der Waals surface area contributed by atoms with E-state index < -0.39 is 5.41 Å². The molecular weight excluding hydrogens is 437 g/mol. The van der Waals surface area contributed by atoms with Gasteiger partial charge in [0.15, 0.2) is 0 Å². The maximum Gasteiger partial charge on any atom is 0.314 e. The van der Waals surface area contributed by atoms with Crippen LogP contribution in [-0.4, -0.2) is 43.7 Å². The second kappa shape index (κ2) is 10.1. The lowest BCUT2D eigenvalue weighted by molar-refractivity contribution is -0.165. The summed E-state index contributed by atoms with van der Waals surface area (Å²) in [5, 5.41) is 1.17. The minimum Gasteiger partial charge on any atom is -0.492 e. The fraction of sp³-hybridized carbons (Fsp3) is 0.458. The Hall–Kier alpha value is -1.95. The second-order valence-corrected chi connectivity index (χ2v) is 8.70. The van der Waals surface area contributed by atoms with Crippen LogP contribution in [0.2, 0.25) is 10.0 Å². The summed E-state index contributed by atoms with van der Waals surface area (Å²) in [6.45, 7) is 8.22. The van der Waals surface area contributed by atoms with Crippen LogP contribution in [0.3, 0.4) is 0 Å². The van der Waals surface area contributed by atoms with Crippen LogP contribution in [0.5, 0.6) is 11.5 Å². The van der Waals surface area contributed by atoms with Crippen molar-refractivity contribution in [3.63, 3.8) is 0 Å². The largest absolute Gasteiger partial charge is 0.492 e. The Balaban J connectivity index is 0.00000132. The predicted molar refractivity (Wildman–Crippen MR) is 123 cm³/mol. The molecule has 168 valence electrons. The molecule has 0 saturated carbocycles. The van der Waals surface area contributed by atoms with E-state index in [2.05, 4.69) is 4.90 Å². The number of halogens is 2. The number of carbonyl (C=O) groups excluding carboxylic acids is 1. The average molecular weight is 466 g/mol. The summed E-state index contributed by atoms with van der Waals surface area (Å²) < 4.78 is 16.8. The van der Waals surface area contributed by atoms with Crippen molar-refractivity contribution in [2.45, 2.75) is 39.8 Å². The molecule has 0 bridgehead atoms. The average Bonchev–Trinajstić information content (AvgIpc) is 2.77. The Morgan fingerprint density at radius 2 is 1.87 bits per heavy atom. The second-order valence-electron chi connectivity index (χ2n) is 7.88. The highest BCUT2D eigenvalue weighted by Gasteiger charge is 2.48. The molecule has 0 radical (unpaired) electrons. The fourth-order valence-corrected chi connectivity index (χ4v) is 4.48. The highest BCUT2D eigenvalue weighted by Crippen LogP contribution is 2.37. The fourth-order valence-electron chi connectivity index (χ4n) is 3.97. The molecule has 0 amide bonds. The van der Waals surface area contributed by atoms with Gasteiger partial charge in [-0.25, -0.2) is 0 Å². The molecule has 1 fully saturated rings. The molecule has 4 rings (SSSR count). The van der Waals surface area contributed by atoms with Gasteiger partial charge in [-0.15, -0.1) is 0 Å². The van der Waals surface area contributed by atoms with Crippen molar-refractivity contribution >= 4 is 29.2 Å². The van der Waals surface area contributed by atoms with Crippen LogP contribution in [0, 0.1) is 5.41 Å². The van der Waals surface area contributed by atoms with E-state index in [1.54, 1.807) is 12.1 Å². The van der Waals surface area contributed by atoms with Crippen LogP contribution in [0.15, 0.2) is 36.4 Å². The molecule has 7 heteroatoms. The zero-order chi connectivity index (χ0) is 22.6. The molecule has 1 atom stereocenters. The van der Waals surface area contributed by atoms with Gasteiger partial charge in [-0.2, -0.15) is 0 Å². The third-order valence-corrected chi connectivity index (χ3v) is 6.38. The molecule has 0 N–H and O–H groups in total. The minimum atomic E-state index is -0.410. The number of methoxy groups -OCH3 is 1. The highest BCUT2D eigenvalue weighted by atomic mass is 35.5.